The molecule has 0 atom stereocenters. The van der Waals surface area contributed by atoms with Crippen LogP contribution in [-0.2, 0) is 6.18 Å². The molecule has 1 aromatic carbocycles. The second-order valence-corrected chi connectivity index (χ2v) is 3.79. The number of carbonyl (C=O) groups excluding carboxylic acids is 1. The Morgan fingerprint density at radius 2 is 2.06 bits per heavy atom. The second kappa shape index (κ2) is 4.27. The van der Waals surface area contributed by atoms with Crippen LogP contribution >= 0.6 is 0 Å². The molecule has 1 aliphatic rings. The number of nitrogens with one attached hydrogen (secondary N) is 1. The highest BCUT2D eigenvalue weighted by atomic mass is 19.4. The molecule has 1 fully saturated rings. The molecule has 1 saturated heterocycles. The van der Waals surface area contributed by atoms with E-state index in [0.29, 0.717) is 13.1 Å². The van der Waals surface area contributed by atoms with Gasteiger partial charge in [-0.05, 0) is 24.6 Å². The monoisotopic (exact) mass is 244 g/mol. The van der Waals surface area contributed by atoms with Crippen LogP contribution in [0.25, 0.3) is 0 Å². The minimum Gasteiger partial charge on any atom is -0.338 e. The van der Waals surface area contributed by atoms with Gasteiger partial charge in [0.1, 0.15) is 0 Å². The van der Waals surface area contributed by atoms with Gasteiger partial charge in [-0.15, -0.1) is 0 Å². The van der Waals surface area contributed by atoms with Gasteiger partial charge in [0.25, 0.3) is 0 Å². The maximum absolute atomic E-state index is 12.5. The number of halogens is 3. The molecular formula is C11H11F3N2O. The second-order valence-electron chi connectivity index (χ2n) is 3.79. The first-order valence-corrected chi connectivity index (χ1v) is 5.21. The number of carbonyl (C=O) groups is 1. The van der Waals surface area contributed by atoms with Gasteiger partial charge in [0.05, 0.1) is 5.56 Å². The van der Waals surface area contributed by atoms with Gasteiger partial charge in [0, 0.05) is 18.8 Å². The van der Waals surface area contributed by atoms with Crippen molar-refractivity contribution in [2.45, 2.75) is 12.6 Å². The molecule has 0 unspecified atom stereocenters. The molecule has 0 radical (unpaired) electrons. The fourth-order valence-corrected chi connectivity index (χ4v) is 1.73. The Kier molecular flexibility index (Phi) is 2.95. The maximum atomic E-state index is 12.5. The van der Waals surface area contributed by atoms with Gasteiger partial charge < -0.3 is 5.32 Å². The van der Waals surface area contributed by atoms with Crippen molar-refractivity contribution in [1.29, 1.82) is 0 Å². The lowest BCUT2D eigenvalue weighted by molar-refractivity contribution is -0.137. The number of benzene rings is 1. The van der Waals surface area contributed by atoms with Crippen LogP contribution in [0.1, 0.15) is 12.0 Å². The van der Waals surface area contributed by atoms with E-state index >= 15 is 0 Å². The molecule has 3 nitrogen and oxygen atoms in total. The van der Waals surface area contributed by atoms with Crippen molar-refractivity contribution in [3.63, 3.8) is 0 Å². The van der Waals surface area contributed by atoms with Crippen molar-refractivity contribution in [1.82, 2.24) is 5.32 Å². The van der Waals surface area contributed by atoms with E-state index in [1.165, 1.54) is 17.0 Å². The first-order valence-electron chi connectivity index (χ1n) is 5.21. The Hall–Kier alpha value is -1.72. The quantitative estimate of drug-likeness (QED) is 0.809. The highest BCUT2D eigenvalue weighted by Gasteiger charge is 2.31. The normalized spacial score (nSPS) is 16.9. The average molecular weight is 244 g/mol. The standard InChI is InChI=1S/C11H11F3N2O/c12-11(13,14)8-3-1-4-9(7-8)16-6-2-5-15-10(16)17/h1,3-4,7H,2,5-6H2,(H,15,17). The lowest BCUT2D eigenvalue weighted by Crippen LogP contribution is -2.46. The number of rotatable bonds is 1. The molecular weight excluding hydrogens is 233 g/mol. The molecule has 0 saturated carbocycles. The van der Waals surface area contributed by atoms with Crippen LogP contribution in [0.3, 0.4) is 0 Å². The number of anilines is 1. The molecule has 0 aliphatic carbocycles. The predicted molar refractivity (Wildman–Crippen MR) is 56.8 cm³/mol. The van der Waals surface area contributed by atoms with Crippen LogP contribution in [0.4, 0.5) is 23.7 Å². The zero-order chi connectivity index (χ0) is 12.5. The summed E-state index contributed by atoms with van der Waals surface area (Å²) in [4.78, 5) is 12.8. The Morgan fingerprint density at radius 3 is 2.71 bits per heavy atom. The summed E-state index contributed by atoms with van der Waals surface area (Å²) in [6.45, 7) is 1.00. The molecule has 1 aromatic rings. The zero-order valence-corrected chi connectivity index (χ0v) is 8.92. The highest BCUT2D eigenvalue weighted by Crippen LogP contribution is 2.31. The van der Waals surface area contributed by atoms with Gasteiger partial charge in [-0.1, -0.05) is 6.07 Å². The molecule has 1 heterocycles. The average Bonchev–Trinajstić information content (AvgIpc) is 2.29. The fraction of sp³-hybridized carbons (Fsp3) is 0.364. The van der Waals surface area contributed by atoms with Gasteiger partial charge in [-0.25, -0.2) is 4.79 Å². The van der Waals surface area contributed by atoms with E-state index in [1.807, 2.05) is 0 Å². The van der Waals surface area contributed by atoms with Crippen LogP contribution in [0.5, 0.6) is 0 Å². The lowest BCUT2D eigenvalue weighted by atomic mass is 10.1. The number of nitrogens with zero attached hydrogens (tertiary/aromatic N) is 1. The van der Waals surface area contributed by atoms with Crippen molar-refractivity contribution in [2.75, 3.05) is 18.0 Å². The smallest absolute Gasteiger partial charge is 0.338 e. The highest BCUT2D eigenvalue weighted by molar-refractivity contribution is 5.92. The molecule has 0 bridgehead atoms. The molecule has 0 aromatic heterocycles. The van der Waals surface area contributed by atoms with Crippen molar-refractivity contribution in [2.24, 2.45) is 0 Å². The molecule has 0 spiro atoms. The molecule has 1 aliphatic heterocycles. The van der Waals surface area contributed by atoms with Gasteiger partial charge in [-0.3, -0.25) is 4.90 Å². The summed E-state index contributed by atoms with van der Waals surface area (Å²) >= 11 is 0. The van der Waals surface area contributed by atoms with Crippen molar-refractivity contribution >= 4 is 11.7 Å². The summed E-state index contributed by atoms with van der Waals surface area (Å²) in [6, 6.07) is 4.44. The van der Waals surface area contributed by atoms with Gasteiger partial charge >= 0.3 is 12.2 Å². The van der Waals surface area contributed by atoms with E-state index in [1.54, 1.807) is 0 Å². The van der Waals surface area contributed by atoms with E-state index in [9.17, 15) is 18.0 Å². The van der Waals surface area contributed by atoms with Gasteiger partial charge in [0.2, 0.25) is 0 Å². The number of amides is 2. The summed E-state index contributed by atoms with van der Waals surface area (Å²) in [5.74, 6) is 0. The fourth-order valence-electron chi connectivity index (χ4n) is 1.73. The third-order valence-electron chi connectivity index (χ3n) is 2.57. The molecule has 17 heavy (non-hydrogen) atoms. The van der Waals surface area contributed by atoms with Crippen LogP contribution < -0.4 is 10.2 Å². The number of hydrogen-bond acceptors (Lipinski definition) is 1. The summed E-state index contributed by atoms with van der Waals surface area (Å²) in [5, 5.41) is 2.59. The summed E-state index contributed by atoms with van der Waals surface area (Å²) in [7, 11) is 0. The van der Waals surface area contributed by atoms with E-state index in [-0.39, 0.29) is 11.7 Å². The molecule has 1 N–H and O–H groups in total. The van der Waals surface area contributed by atoms with Crippen molar-refractivity contribution in [3.05, 3.63) is 29.8 Å². The van der Waals surface area contributed by atoms with E-state index in [4.69, 9.17) is 0 Å². The van der Waals surface area contributed by atoms with Crippen molar-refractivity contribution < 1.29 is 18.0 Å². The molecule has 92 valence electrons. The Balaban J connectivity index is 2.29. The van der Waals surface area contributed by atoms with Gasteiger partial charge in [0.15, 0.2) is 0 Å². The van der Waals surface area contributed by atoms with E-state index in [0.717, 1.165) is 18.6 Å². The number of hydrogen-bond donors (Lipinski definition) is 1. The summed E-state index contributed by atoms with van der Waals surface area (Å²) < 4.78 is 37.5. The number of urea groups is 1. The first kappa shape index (κ1) is 11.8. The molecule has 2 rings (SSSR count). The predicted octanol–water partition coefficient (Wildman–Crippen LogP) is 2.63. The lowest BCUT2D eigenvalue weighted by Gasteiger charge is -2.27. The summed E-state index contributed by atoms with van der Waals surface area (Å²) in [5.41, 5.74) is -0.467. The molecule has 6 heteroatoms. The van der Waals surface area contributed by atoms with E-state index in [2.05, 4.69) is 5.32 Å². The zero-order valence-electron chi connectivity index (χ0n) is 8.92. The Bertz CT molecular complexity index is 431. The third-order valence-corrected chi connectivity index (χ3v) is 2.57. The third kappa shape index (κ3) is 2.51. The van der Waals surface area contributed by atoms with Crippen LogP contribution in [-0.4, -0.2) is 19.1 Å². The molecule has 2 amide bonds. The topological polar surface area (TPSA) is 32.3 Å². The van der Waals surface area contributed by atoms with E-state index < -0.39 is 11.7 Å². The minimum atomic E-state index is -4.39. The first-order chi connectivity index (χ1) is 7.98. The summed E-state index contributed by atoms with van der Waals surface area (Å²) in [6.07, 6.45) is -3.66. The van der Waals surface area contributed by atoms with Gasteiger partial charge in [-0.2, -0.15) is 13.2 Å². The van der Waals surface area contributed by atoms with Crippen LogP contribution in [0, 0.1) is 0 Å². The van der Waals surface area contributed by atoms with Crippen LogP contribution in [0.2, 0.25) is 0 Å². The van der Waals surface area contributed by atoms with Crippen molar-refractivity contribution in [3.8, 4) is 0 Å². The van der Waals surface area contributed by atoms with Crippen LogP contribution in [0.15, 0.2) is 24.3 Å². The minimum absolute atomic E-state index is 0.275. The SMILES string of the molecule is O=C1NCCCN1c1cccc(C(F)(F)F)c1. The number of alkyl halides is 3. The maximum Gasteiger partial charge on any atom is 0.416 e. The Labute approximate surface area is 96.2 Å². The largest absolute Gasteiger partial charge is 0.416 e. The Morgan fingerprint density at radius 1 is 1.29 bits per heavy atom.